The van der Waals surface area contributed by atoms with Crippen molar-refractivity contribution < 1.29 is 22.6 Å². The van der Waals surface area contributed by atoms with Crippen molar-refractivity contribution in [3.8, 4) is 11.5 Å². The summed E-state index contributed by atoms with van der Waals surface area (Å²) in [6.45, 7) is 0.782. The molecule has 1 aliphatic heterocycles. The van der Waals surface area contributed by atoms with Gasteiger partial charge in [-0.25, -0.2) is 0 Å². The number of alkyl halides is 3. The van der Waals surface area contributed by atoms with Gasteiger partial charge in [0.05, 0.1) is 13.7 Å². The molecule has 1 aliphatic rings. The Morgan fingerprint density at radius 3 is 2.68 bits per heavy atom. The van der Waals surface area contributed by atoms with Crippen LogP contribution < -0.4 is 14.8 Å². The standard InChI is InChI=1S/C14H18F3N3O2/c1-20-6-5-18-13(20)19-8-10-3-4-11(12(7-10)21-2)22-9-14(15,16)17/h3-4,7H,5-6,8-9H2,1-2H3,(H,18,19). The van der Waals surface area contributed by atoms with Crippen molar-refractivity contribution in [1.29, 1.82) is 0 Å². The van der Waals surface area contributed by atoms with Crippen LogP contribution in [-0.4, -0.2) is 50.9 Å². The van der Waals surface area contributed by atoms with Gasteiger partial charge in [-0.3, -0.25) is 4.99 Å². The van der Waals surface area contributed by atoms with Crippen LogP contribution in [0.1, 0.15) is 5.56 Å². The summed E-state index contributed by atoms with van der Waals surface area (Å²) in [6.07, 6.45) is -4.38. The molecule has 0 saturated carbocycles. The number of benzene rings is 1. The zero-order valence-electron chi connectivity index (χ0n) is 12.4. The Morgan fingerprint density at radius 2 is 2.09 bits per heavy atom. The average Bonchev–Trinajstić information content (AvgIpc) is 2.87. The number of nitrogens with one attached hydrogen (secondary N) is 1. The number of rotatable bonds is 5. The quantitative estimate of drug-likeness (QED) is 0.903. The monoisotopic (exact) mass is 317 g/mol. The minimum absolute atomic E-state index is 0.0684. The van der Waals surface area contributed by atoms with Crippen LogP contribution in [0.4, 0.5) is 13.2 Å². The summed E-state index contributed by atoms with van der Waals surface area (Å²) in [5.74, 6) is 1.14. The fourth-order valence-corrected chi connectivity index (χ4v) is 2.01. The van der Waals surface area contributed by atoms with E-state index < -0.39 is 12.8 Å². The van der Waals surface area contributed by atoms with Crippen LogP contribution in [0.2, 0.25) is 0 Å². The number of guanidine groups is 1. The number of methoxy groups -OCH3 is 1. The molecule has 1 aromatic carbocycles. The lowest BCUT2D eigenvalue weighted by molar-refractivity contribution is -0.153. The summed E-state index contributed by atoms with van der Waals surface area (Å²) in [7, 11) is 3.33. The molecule has 0 unspecified atom stereocenters. The molecule has 1 N–H and O–H groups in total. The lowest BCUT2D eigenvalue weighted by Crippen LogP contribution is -2.35. The van der Waals surface area contributed by atoms with Crippen LogP contribution in [0, 0.1) is 0 Å². The van der Waals surface area contributed by atoms with Crippen LogP contribution in [0.15, 0.2) is 23.2 Å². The van der Waals surface area contributed by atoms with E-state index in [-0.39, 0.29) is 11.5 Å². The number of aliphatic imine (C=N–C) groups is 1. The molecule has 0 aromatic heterocycles. The molecule has 1 heterocycles. The van der Waals surface area contributed by atoms with E-state index in [1.165, 1.54) is 13.2 Å². The molecule has 5 nitrogen and oxygen atoms in total. The van der Waals surface area contributed by atoms with Crippen molar-refractivity contribution in [3.63, 3.8) is 0 Å². The normalized spacial score (nSPS) is 14.8. The minimum Gasteiger partial charge on any atom is -0.493 e. The van der Waals surface area contributed by atoms with Crippen molar-refractivity contribution in [2.24, 2.45) is 4.99 Å². The number of hydrogen-bond donors (Lipinski definition) is 1. The Hall–Kier alpha value is -2.12. The molecule has 0 bridgehead atoms. The van der Waals surface area contributed by atoms with E-state index in [1.807, 2.05) is 11.9 Å². The number of halogens is 3. The van der Waals surface area contributed by atoms with Gasteiger partial charge in [-0.05, 0) is 17.7 Å². The first-order valence-corrected chi connectivity index (χ1v) is 6.75. The Kier molecular flexibility index (Phi) is 4.99. The Bertz CT molecular complexity index is 547. The molecule has 8 heteroatoms. The summed E-state index contributed by atoms with van der Waals surface area (Å²) >= 11 is 0. The Balaban J connectivity index is 1.99. The molecule has 1 aromatic rings. The van der Waals surface area contributed by atoms with Crippen molar-refractivity contribution in [1.82, 2.24) is 10.2 Å². The zero-order valence-corrected chi connectivity index (χ0v) is 12.4. The predicted molar refractivity (Wildman–Crippen MR) is 76.3 cm³/mol. The third-order valence-corrected chi connectivity index (χ3v) is 3.13. The van der Waals surface area contributed by atoms with E-state index in [2.05, 4.69) is 10.3 Å². The second-order valence-corrected chi connectivity index (χ2v) is 4.87. The van der Waals surface area contributed by atoms with Gasteiger partial charge in [-0.2, -0.15) is 13.2 Å². The van der Waals surface area contributed by atoms with Gasteiger partial charge in [-0.15, -0.1) is 0 Å². The van der Waals surface area contributed by atoms with E-state index in [1.54, 1.807) is 12.1 Å². The summed E-state index contributed by atoms with van der Waals surface area (Å²) in [6, 6.07) is 4.81. The zero-order chi connectivity index (χ0) is 16.2. The highest BCUT2D eigenvalue weighted by molar-refractivity contribution is 5.81. The molecule has 0 radical (unpaired) electrons. The van der Waals surface area contributed by atoms with Gasteiger partial charge in [0.15, 0.2) is 24.1 Å². The average molecular weight is 317 g/mol. The third-order valence-electron chi connectivity index (χ3n) is 3.13. The topological polar surface area (TPSA) is 46.1 Å². The summed E-state index contributed by atoms with van der Waals surface area (Å²) in [5.41, 5.74) is 0.860. The highest BCUT2D eigenvalue weighted by atomic mass is 19.4. The first kappa shape index (κ1) is 16.3. The number of ether oxygens (including phenoxy) is 2. The van der Waals surface area contributed by atoms with Gasteiger partial charge in [0.1, 0.15) is 0 Å². The molecule has 0 spiro atoms. The molecule has 0 aliphatic carbocycles. The smallest absolute Gasteiger partial charge is 0.422 e. The molecule has 0 amide bonds. The molecule has 0 saturated heterocycles. The maximum absolute atomic E-state index is 12.2. The maximum Gasteiger partial charge on any atom is 0.422 e. The highest BCUT2D eigenvalue weighted by Crippen LogP contribution is 2.29. The molecule has 2 rings (SSSR count). The van der Waals surface area contributed by atoms with Crippen molar-refractivity contribution in [2.45, 2.75) is 12.7 Å². The molecule has 122 valence electrons. The highest BCUT2D eigenvalue weighted by Gasteiger charge is 2.29. The van der Waals surface area contributed by atoms with Gasteiger partial charge in [0, 0.05) is 20.1 Å². The molecule has 0 atom stereocenters. The molecular formula is C14H18F3N3O2. The number of nitrogens with zero attached hydrogens (tertiary/aromatic N) is 2. The third kappa shape index (κ3) is 4.44. The molecular weight excluding hydrogens is 299 g/mol. The predicted octanol–water partition coefficient (Wildman–Crippen LogP) is 2.03. The van der Waals surface area contributed by atoms with Crippen molar-refractivity contribution in [3.05, 3.63) is 23.8 Å². The summed E-state index contributed by atoms with van der Waals surface area (Å²) < 4.78 is 46.4. The van der Waals surface area contributed by atoms with Crippen LogP contribution in [-0.2, 0) is 6.54 Å². The fraction of sp³-hybridized carbons (Fsp3) is 0.500. The van der Waals surface area contributed by atoms with E-state index in [0.29, 0.717) is 6.54 Å². The van der Waals surface area contributed by atoms with E-state index in [0.717, 1.165) is 24.6 Å². The second-order valence-electron chi connectivity index (χ2n) is 4.87. The SMILES string of the molecule is COc1cc(CNC2=NCCN2C)ccc1OCC(F)(F)F. The van der Waals surface area contributed by atoms with Crippen molar-refractivity contribution in [2.75, 3.05) is 33.9 Å². The van der Waals surface area contributed by atoms with Gasteiger partial charge >= 0.3 is 6.18 Å². The molecule has 0 fully saturated rings. The first-order chi connectivity index (χ1) is 10.4. The van der Waals surface area contributed by atoms with Gasteiger partial charge in [0.2, 0.25) is 0 Å². The van der Waals surface area contributed by atoms with Crippen LogP contribution in [0.5, 0.6) is 11.5 Å². The second kappa shape index (κ2) is 6.76. The van der Waals surface area contributed by atoms with E-state index >= 15 is 0 Å². The van der Waals surface area contributed by atoms with Gasteiger partial charge in [-0.1, -0.05) is 6.07 Å². The van der Waals surface area contributed by atoms with E-state index in [4.69, 9.17) is 9.47 Å². The number of likely N-dealkylation sites (N-methyl/N-ethyl adjacent to an activating group) is 1. The van der Waals surface area contributed by atoms with Crippen molar-refractivity contribution >= 4 is 5.96 Å². The first-order valence-electron chi connectivity index (χ1n) is 6.75. The van der Waals surface area contributed by atoms with Crippen LogP contribution in [0.25, 0.3) is 0 Å². The Labute approximate surface area is 126 Å². The van der Waals surface area contributed by atoms with E-state index in [9.17, 15) is 13.2 Å². The summed E-state index contributed by atoms with van der Waals surface area (Å²) in [5, 5.41) is 3.17. The van der Waals surface area contributed by atoms with Gasteiger partial charge in [0.25, 0.3) is 0 Å². The fourth-order valence-electron chi connectivity index (χ4n) is 2.01. The lowest BCUT2D eigenvalue weighted by atomic mass is 10.2. The van der Waals surface area contributed by atoms with Crippen LogP contribution >= 0.6 is 0 Å². The minimum atomic E-state index is -4.38. The Morgan fingerprint density at radius 1 is 1.32 bits per heavy atom. The molecule has 22 heavy (non-hydrogen) atoms. The largest absolute Gasteiger partial charge is 0.493 e. The van der Waals surface area contributed by atoms with Crippen LogP contribution in [0.3, 0.4) is 0 Å². The number of hydrogen-bond acceptors (Lipinski definition) is 5. The van der Waals surface area contributed by atoms with Gasteiger partial charge < -0.3 is 19.7 Å². The summed E-state index contributed by atoms with van der Waals surface area (Å²) in [4.78, 5) is 6.30. The lowest BCUT2D eigenvalue weighted by Gasteiger charge is -2.16. The maximum atomic E-state index is 12.2.